The molecule has 0 saturated heterocycles. The summed E-state index contributed by atoms with van der Waals surface area (Å²) < 4.78 is 5.29. The van der Waals surface area contributed by atoms with E-state index in [1.54, 1.807) is 9.45 Å². The van der Waals surface area contributed by atoms with Crippen molar-refractivity contribution >= 4 is 30.5 Å². The molecule has 4 heteroatoms. The smallest absolute Gasteiger partial charge is 0.147 e. The third kappa shape index (κ3) is 4.13. The molecule has 0 bridgehead atoms. The minimum atomic E-state index is -0.248. The quantitative estimate of drug-likeness (QED) is 0.749. The van der Waals surface area contributed by atoms with Gasteiger partial charge in [0.05, 0.1) is 0 Å². The first-order valence-electron chi connectivity index (χ1n) is 6.07. The summed E-state index contributed by atoms with van der Waals surface area (Å²) in [6.07, 6.45) is 0. The number of para-hydroxylation sites is 1. The van der Waals surface area contributed by atoms with E-state index < -0.39 is 0 Å². The van der Waals surface area contributed by atoms with Crippen molar-refractivity contribution < 1.29 is 19.4 Å². The number of nitrogens with one attached hydrogen (secondary N) is 1. The van der Waals surface area contributed by atoms with Gasteiger partial charge in [0.1, 0.15) is 0 Å². The molecule has 104 valence electrons. The third-order valence-corrected chi connectivity index (χ3v) is 6.08. The number of benzene rings is 1. The van der Waals surface area contributed by atoms with Gasteiger partial charge < -0.3 is 0 Å². The van der Waals surface area contributed by atoms with Crippen molar-refractivity contribution in [3.05, 3.63) is 50.9 Å². The Bertz CT molecular complexity index is 480. The average molecular weight is 334 g/mol. The Morgan fingerprint density at radius 3 is 2.00 bits per heavy atom. The van der Waals surface area contributed by atoms with Crippen molar-refractivity contribution in [2.75, 3.05) is 3.80 Å². The van der Waals surface area contributed by atoms with Gasteiger partial charge in [-0.05, 0) is 0 Å². The van der Waals surface area contributed by atoms with Crippen molar-refractivity contribution in [2.45, 2.75) is 27.7 Å². The number of rotatable bonds is 3. The monoisotopic (exact) mass is 333 g/mol. The molecular formula is C15H21Cl2NTi. The molecule has 0 heterocycles. The first-order valence-corrected chi connectivity index (χ1v) is 7.63. The molecule has 0 aliphatic heterocycles. The second-order valence-electron chi connectivity index (χ2n) is 4.68. The number of allylic oxidation sites excluding steroid dienone is 4. The molecule has 1 N–H and O–H groups in total. The maximum Gasteiger partial charge on any atom is -0.147 e. The molecule has 1 nitrogen and oxygen atoms in total. The van der Waals surface area contributed by atoms with Gasteiger partial charge >= 0.3 is 113 Å². The van der Waals surface area contributed by atoms with Gasteiger partial charge in [-0.1, -0.05) is 0 Å². The Morgan fingerprint density at radius 1 is 0.947 bits per heavy atom. The van der Waals surface area contributed by atoms with Gasteiger partial charge in [0.15, 0.2) is 0 Å². The van der Waals surface area contributed by atoms with Crippen molar-refractivity contribution in [1.82, 2.24) is 0 Å². The van der Waals surface area contributed by atoms with Crippen LogP contribution in [0.15, 0.2) is 50.9 Å². The Balaban J connectivity index is 0.00000162. The van der Waals surface area contributed by atoms with Crippen LogP contribution >= 0.6 is 24.8 Å². The van der Waals surface area contributed by atoms with Crippen molar-refractivity contribution in [1.29, 1.82) is 0 Å². The molecule has 1 aromatic carbocycles. The van der Waals surface area contributed by atoms with E-state index in [1.165, 1.54) is 16.8 Å². The van der Waals surface area contributed by atoms with Crippen LogP contribution in [0.25, 0.3) is 0 Å². The predicted molar refractivity (Wildman–Crippen MR) is 84.8 cm³/mol. The third-order valence-electron chi connectivity index (χ3n) is 3.76. The van der Waals surface area contributed by atoms with Crippen molar-refractivity contribution in [3.63, 3.8) is 0 Å². The standard InChI is InChI=1S/C9H13.C6H6N.2ClH.Ti/c1-6-5-7(2)9(4)8(6)3;7-6-4-2-1-3-5-6;;;/h6H,1-4H3;1-5,7H;2*1H;/q;-1;;;+1. The van der Waals surface area contributed by atoms with E-state index >= 15 is 0 Å². The largest absolute Gasteiger partial charge is 0.147 e. The van der Waals surface area contributed by atoms with Crippen LogP contribution in [0.1, 0.15) is 27.7 Å². The van der Waals surface area contributed by atoms with Crippen LogP contribution in [0, 0.1) is 5.92 Å². The number of anilines is 1. The number of hydrogen-bond acceptors (Lipinski definition) is 1. The van der Waals surface area contributed by atoms with Crippen LogP contribution in [0.2, 0.25) is 0 Å². The van der Waals surface area contributed by atoms with E-state index in [4.69, 9.17) is 0 Å². The van der Waals surface area contributed by atoms with Crippen LogP contribution in [-0.2, 0) is 19.4 Å². The number of hydrogen-bond donors (Lipinski definition) is 1. The van der Waals surface area contributed by atoms with Gasteiger partial charge in [-0.2, -0.15) is 0 Å². The fourth-order valence-corrected chi connectivity index (χ4v) is 4.18. The minimum Gasteiger partial charge on any atom is -0.147 e. The molecule has 1 aliphatic rings. The van der Waals surface area contributed by atoms with Gasteiger partial charge in [0, 0.05) is 0 Å². The summed E-state index contributed by atoms with van der Waals surface area (Å²) in [4.78, 5) is 0. The van der Waals surface area contributed by atoms with Gasteiger partial charge in [-0.3, -0.25) is 0 Å². The van der Waals surface area contributed by atoms with E-state index in [9.17, 15) is 0 Å². The van der Waals surface area contributed by atoms with Crippen LogP contribution in [0.5, 0.6) is 0 Å². The zero-order valence-electron chi connectivity index (χ0n) is 11.8. The first kappa shape index (κ1) is 18.8. The Hall–Kier alpha value is -0.206. The van der Waals surface area contributed by atoms with Crippen LogP contribution in [-0.4, -0.2) is 0 Å². The fourth-order valence-electron chi connectivity index (χ4n) is 2.23. The summed E-state index contributed by atoms with van der Waals surface area (Å²) in [5.74, 6) is 0.645. The summed E-state index contributed by atoms with van der Waals surface area (Å²) in [6.45, 7) is 9.13. The maximum atomic E-state index is 3.63. The van der Waals surface area contributed by atoms with E-state index in [2.05, 4.69) is 61.8 Å². The molecule has 19 heavy (non-hydrogen) atoms. The molecule has 0 amide bonds. The van der Waals surface area contributed by atoms with Gasteiger partial charge in [-0.15, -0.1) is 24.8 Å². The molecule has 0 spiro atoms. The zero-order valence-corrected chi connectivity index (χ0v) is 15.0. The van der Waals surface area contributed by atoms with Gasteiger partial charge in [-0.25, -0.2) is 0 Å². The fraction of sp³-hybridized carbons (Fsp3) is 0.333. The van der Waals surface area contributed by atoms with Crippen LogP contribution < -0.4 is 3.80 Å². The normalized spacial score (nSPS) is 17.8. The molecule has 0 saturated carbocycles. The second kappa shape index (κ2) is 8.16. The SMILES string of the molecule is CC1=C(C)C(C)[C]([Ti][NH]c2ccccc2)=C1C.Cl.Cl. The van der Waals surface area contributed by atoms with Gasteiger partial charge in [0.25, 0.3) is 0 Å². The van der Waals surface area contributed by atoms with Crippen molar-refractivity contribution in [3.8, 4) is 0 Å². The molecule has 1 atom stereocenters. The van der Waals surface area contributed by atoms with E-state index in [1.807, 2.05) is 0 Å². The molecule has 1 unspecified atom stereocenters. The molecule has 1 aromatic rings. The van der Waals surface area contributed by atoms with Crippen LogP contribution in [0.4, 0.5) is 5.69 Å². The Labute approximate surface area is 138 Å². The molecule has 2 rings (SSSR count). The Kier molecular flexibility index (Phi) is 8.08. The molecular weight excluding hydrogens is 313 g/mol. The molecule has 1 aliphatic carbocycles. The summed E-state index contributed by atoms with van der Waals surface area (Å²) in [5.41, 5.74) is 5.84. The van der Waals surface area contributed by atoms with E-state index in [-0.39, 0.29) is 44.2 Å². The van der Waals surface area contributed by atoms with E-state index in [0.29, 0.717) is 5.92 Å². The Morgan fingerprint density at radius 2 is 1.53 bits per heavy atom. The molecule has 0 aromatic heterocycles. The minimum absolute atomic E-state index is 0. The van der Waals surface area contributed by atoms with Crippen LogP contribution in [0.3, 0.4) is 0 Å². The summed E-state index contributed by atoms with van der Waals surface area (Å²) in [5, 5.41) is 0. The first-order chi connectivity index (χ1) is 8.11. The average Bonchev–Trinajstić information content (AvgIpc) is 2.54. The van der Waals surface area contributed by atoms with E-state index in [0.717, 1.165) is 0 Å². The maximum absolute atomic E-state index is 3.63. The number of halogens is 2. The predicted octanol–water partition coefficient (Wildman–Crippen LogP) is 5.20. The van der Waals surface area contributed by atoms with Crippen molar-refractivity contribution in [2.24, 2.45) is 5.92 Å². The summed E-state index contributed by atoms with van der Waals surface area (Å²) in [6, 6.07) is 10.5. The topological polar surface area (TPSA) is 12.0 Å². The van der Waals surface area contributed by atoms with Gasteiger partial charge in [0.2, 0.25) is 0 Å². The summed E-state index contributed by atoms with van der Waals surface area (Å²) in [7, 11) is 0. The molecule has 0 radical (unpaired) electrons. The second-order valence-corrected chi connectivity index (χ2v) is 6.31. The zero-order chi connectivity index (χ0) is 12.4. The summed E-state index contributed by atoms with van der Waals surface area (Å²) >= 11 is -0.248. The molecule has 0 fully saturated rings.